The molecule has 1 aromatic rings. The SMILES string of the molecule is CC(C)(C)OC(=O)Nc1ccc([C@H]2CO2)cc1Cl. The zero-order valence-electron chi connectivity index (χ0n) is 10.6. The number of halogens is 1. The van der Waals surface area contributed by atoms with E-state index in [0.717, 1.165) is 12.2 Å². The zero-order valence-corrected chi connectivity index (χ0v) is 11.4. The van der Waals surface area contributed by atoms with E-state index in [9.17, 15) is 4.79 Å². The van der Waals surface area contributed by atoms with E-state index in [1.165, 1.54) is 0 Å². The van der Waals surface area contributed by atoms with Crippen LogP contribution in [-0.2, 0) is 9.47 Å². The predicted octanol–water partition coefficient (Wildman–Crippen LogP) is 3.76. The number of epoxide rings is 1. The molecular formula is C13H16ClNO3. The van der Waals surface area contributed by atoms with Gasteiger partial charge in [0.05, 0.1) is 17.3 Å². The van der Waals surface area contributed by atoms with Crippen LogP contribution < -0.4 is 5.32 Å². The van der Waals surface area contributed by atoms with E-state index in [0.29, 0.717) is 10.7 Å². The highest BCUT2D eigenvalue weighted by atomic mass is 35.5. The fourth-order valence-corrected chi connectivity index (χ4v) is 1.72. The van der Waals surface area contributed by atoms with Gasteiger partial charge in [0.15, 0.2) is 0 Å². The first-order valence-corrected chi connectivity index (χ1v) is 6.14. The minimum Gasteiger partial charge on any atom is -0.444 e. The van der Waals surface area contributed by atoms with Gasteiger partial charge in [-0.05, 0) is 38.5 Å². The van der Waals surface area contributed by atoms with Crippen LogP contribution in [0.3, 0.4) is 0 Å². The molecule has 18 heavy (non-hydrogen) atoms. The lowest BCUT2D eigenvalue weighted by molar-refractivity contribution is 0.0636. The molecule has 98 valence electrons. The summed E-state index contributed by atoms with van der Waals surface area (Å²) >= 11 is 6.09. The van der Waals surface area contributed by atoms with Crippen molar-refractivity contribution < 1.29 is 14.3 Å². The van der Waals surface area contributed by atoms with Crippen molar-refractivity contribution in [1.82, 2.24) is 0 Å². The number of anilines is 1. The molecule has 5 heteroatoms. The molecule has 0 spiro atoms. The third-order valence-corrected chi connectivity index (χ3v) is 2.65. The topological polar surface area (TPSA) is 50.9 Å². The van der Waals surface area contributed by atoms with Crippen molar-refractivity contribution in [3.8, 4) is 0 Å². The van der Waals surface area contributed by atoms with Crippen LogP contribution in [0.4, 0.5) is 10.5 Å². The van der Waals surface area contributed by atoms with E-state index in [2.05, 4.69) is 5.32 Å². The largest absolute Gasteiger partial charge is 0.444 e. The van der Waals surface area contributed by atoms with Crippen molar-refractivity contribution in [2.24, 2.45) is 0 Å². The van der Waals surface area contributed by atoms with Gasteiger partial charge in [0, 0.05) is 0 Å². The normalized spacial score (nSPS) is 18.3. The van der Waals surface area contributed by atoms with Crippen LogP contribution in [0.15, 0.2) is 18.2 Å². The Kier molecular flexibility index (Phi) is 3.50. The van der Waals surface area contributed by atoms with Gasteiger partial charge in [-0.25, -0.2) is 4.79 Å². The van der Waals surface area contributed by atoms with Crippen molar-refractivity contribution in [3.63, 3.8) is 0 Å². The number of hydrogen-bond donors (Lipinski definition) is 1. The summed E-state index contributed by atoms with van der Waals surface area (Å²) in [5.41, 5.74) is 1.03. The second-order valence-electron chi connectivity index (χ2n) is 5.19. The lowest BCUT2D eigenvalue weighted by atomic mass is 10.1. The van der Waals surface area contributed by atoms with E-state index in [-0.39, 0.29) is 6.10 Å². The molecule has 1 N–H and O–H groups in total. The fraction of sp³-hybridized carbons (Fsp3) is 0.462. The summed E-state index contributed by atoms with van der Waals surface area (Å²) < 4.78 is 10.3. The van der Waals surface area contributed by atoms with E-state index in [4.69, 9.17) is 21.1 Å². The molecule has 0 saturated carbocycles. The summed E-state index contributed by atoms with van der Waals surface area (Å²) in [6, 6.07) is 5.44. The molecule has 0 aliphatic carbocycles. The molecule has 0 aromatic heterocycles. The summed E-state index contributed by atoms with van der Waals surface area (Å²) in [6.45, 7) is 6.15. The van der Waals surface area contributed by atoms with Crippen LogP contribution in [0.1, 0.15) is 32.4 Å². The lowest BCUT2D eigenvalue weighted by Gasteiger charge is -2.20. The third kappa shape index (κ3) is 3.62. The highest BCUT2D eigenvalue weighted by Crippen LogP contribution is 2.33. The van der Waals surface area contributed by atoms with Gasteiger partial charge in [-0.1, -0.05) is 17.7 Å². The Hall–Kier alpha value is -1.26. The molecule has 1 fully saturated rings. The van der Waals surface area contributed by atoms with Gasteiger partial charge in [0.2, 0.25) is 0 Å². The number of carbonyl (C=O) groups is 1. The molecule has 0 unspecified atom stereocenters. The Morgan fingerprint density at radius 1 is 1.50 bits per heavy atom. The minimum absolute atomic E-state index is 0.151. The molecule has 4 nitrogen and oxygen atoms in total. The Morgan fingerprint density at radius 2 is 2.17 bits per heavy atom. The molecular weight excluding hydrogens is 254 g/mol. The van der Waals surface area contributed by atoms with Gasteiger partial charge < -0.3 is 9.47 Å². The smallest absolute Gasteiger partial charge is 0.412 e. The highest BCUT2D eigenvalue weighted by Gasteiger charge is 2.25. The zero-order chi connectivity index (χ0) is 13.3. The maximum Gasteiger partial charge on any atom is 0.412 e. The average Bonchev–Trinajstić information content (AvgIpc) is 3.01. The summed E-state index contributed by atoms with van der Waals surface area (Å²) in [5, 5.41) is 3.10. The quantitative estimate of drug-likeness (QED) is 0.832. The Balaban J connectivity index is 2.03. The first-order valence-electron chi connectivity index (χ1n) is 5.76. The van der Waals surface area contributed by atoms with Crippen LogP contribution in [0.5, 0.6) is 0 Å². The van der Waals surface area contributed by atoms with E-state index >= 15 is 0 Å². The summed E-state index contributed by atoms with van der Waals surface area (Å²) in [7, 11) is 0. The monoisotopic (exact) mass is 269 g/mol. The van der Waals surface area contributed by atoms with Gasteiger partial charge in [0.25, 0.3) is 0 Å². The maximum atomic E-state index is 11.6. The van der Waals surface area contributed by atoms with Gasteiger partial charge in [-0.3, -0.25) is 5.32 Å². The molecule has 1 heterocycles. The molecule has 0 bridgehead atoms. The Bertz CT molecular complexity index is 464. The second-order valence-corrected chi connectivity index (χ2v) is 5.60. The first kappa shape index (κ1) is 13.2. The van der Waals surface area contributed by atoms with Crippen LogP contribution in [0.2, 0.25) is 5.02 Å². The molecule has 1 amide bonds. The lowest BCUT2D eigenvalue weighted by Crippen LogP contribution is -2.27. The molecule has 1 atom stereocenters. The summed E-state index contributed by atoms with van der Waals surface area (Å²) in [5.74, 6) is 0. The van der Waals surface area contributed by atoms with Crippen LogP contribution in [-0.4, -0.2) is 18.3 Å². The molecule has 0 radical (unpaired) electrons. The second kappa shape index (κ2) is 4.78. The molecule has 2 rings (SSSR count). The van der Waals surface area contributed by atoms with E-state index in [1.807, 2.05) is 26.8 Å². The van der Waals surface area contributed by atoms with Crippen molar-refractivity contribution in [2.75, 3.05) is 11.9 Å². The van der Waals surface area contributed by atoms with Crippen LogP contribution in [0, 0.1) is 0 Å². The Labute approximate surface area is 111 Å². The van der Waals surface area contributed by atoms with Crippen molar-refractivity contribution >= 4 is 23.4 Å². The van der Waals surface area contributed by atoms with Crippen LogP contribution in [0.25, 0.3) is 0 Å². The van der Waals surface area contributed by atoms with Gasteiger partial charge in [-0.15, -0.1) is 0 Å². The van der Waals surface area contributed by atoms with Crippen molar-refractivity contribution in [1.29, 1.82) is 0 Å². The molecule has 1 aliphatic rings. The van der Waals surface area contributed by atoms with Gasteiger partial charge >= 0.3 is 6.09 Å². The number of amides is 1. The first-order chi connectivity index (χ1) is 8.35. The number of benzene rings is 1. The van der Waals surface area contributed by atoms with Crippen LogP contribution >= 0.6 is 11.6 Å². The fourth-order valence-electron chi connectivity index (χ4n) is 1.49. The van der Waals surface area contributed by atoms with Gasteiger partial charge in [0.1, 0.15) is 11.7 Å². The van der Waals surface area contributed by atoms with E-state index < -0.39 is 11.7 Å². The summed E-state index contributed by atoms with van der Waals surface area (Å²) in [4.78, 5) is 11.6. The number of nitrogens with one attached hydrogen (secondary N) is 1. The number of rotatable bonds is 2. The number of ether oxygens (including phenoxy) is 2. The van der Waals surface area contributed by atoms with Gasteiger partial charge in [-0.2, -0.15) is 0 Å². The minimum atomic E-state index is -0.529. The molecule has 1 aromatic carbocycles. The summed E-state index contributed by atoms with van der Waals surface area (Å²) in [6.07, 6.45) is -0.363. The average molecular weight is 270 g/mol. The van der Waals surface area contributed by atoms with Crippen molar-refractivity contribution in [3.05, 3.63) is 28.8 Å². The highest BCUT2D eigenvalue weighted by molar-refractivity contribution is 6.33. The number of hydrogen-bond acceptors (Lipinski definition) is 3. The van der Waals surface area contributed by atoms with E-state index in [1.54, 1.807) is 12.1 Å². The molecule has 1 saturated heterocycles. The number of carbonyl (C=O) groups excluding carboxylic acids is 1. The third-order valence-electron chi connectivity index (χ3n) is 2.33. The molecule has 1 aliphatic heterocycles. The predicted molar refractivity (Wildman–Crippen MR) is 70.0 cm³/mol. The Morgan fingerprint density at radius 3 is 2.67 bits per heavy atom. The standard InChI is InChI=1S/C13H16ClNO3/c1-13(2,3)18-12(16)15-10-5-4-8(6-9(10)14)11-7-17-11/h4-6,11H,7H2,1-3H3,(H,15,16)/t11-/m1/s1. The maximum absolute atomic E-state index is 11.6. The van der Waals surface area contributed by atoms with Crippen molar-refractivity contribution in [2.45, 2.75) is 32.5 Å².